The molecule has 3 heteroatoms. The average molecular weight is 544 g/mol. The first-order valence-electron chi connectivity index (χ1n) is 15.2. The number of anilines is 3. The van der Waals surface area contributed by atoms with Crippen LogP contribution >= 0.6 is 0 Å². The number of para-hydroxylation sites is 2. The second kappa shape index (κ2) is 7.58. The Kier molecular flexibility index (Phi) is 4.40. The SMILES string of the molecule is CC1(C)c2ccccc2N(c2cc3c4c(c2)C(C)(C)c2cccc5c2B4c2c(cccc2C3(C)C)O5)c2ccccc21. The third-order valence-electron chi connectivity index (χ3n) is 11.0. The number of fused-ring (bicyclic) bond motifs is 2. The van der Waals surface area contributed by atoms with Crippen molar-refractivity contribution >= 4 is 40.2 Å². The molecule has 0 amide bonds. The predicted octanol–water partition coefficient (Wildman–Crippen LogP) is 7.70. The number of hydrogen-bond donors (Lipinski definition) is 0. The molecular weight excluding hydrogens is 509 g/mol. The Labute approximate surface area is 249 Å². The van der Waals surface area contributed by atoms with Gasteiger partial charge >= 0.3 is 0 Å². The van der Waals surface area contributed by atoms with E-state index in [4.69, 9.17) is 4.74 Å². The predicted molar refractivity (Wildman–Crippen MR) is 175 cm³/mol. The van der Waals surface area contributed by atoms with E-state index in [1.165, 1.54) is 66.8 Å². The van der Waals surface area contributed by atoms with Crippen molar-refractivity contribution in [3.05, 3.63) is 130 Å². The normalized spacial score (nSPS) is 18.4. The van der Waals surface area contributed by atoms with Crippen molar-refractivity contribution in [1.82, 2.24) is 0 Å². The van der Waals surface area contributed by atoms with Crippen molar-refractivity contribution in [3.63, 3.8) is 0 Å². The van der Waals surface area contributed by atoms with Crippen LogP contribution in [0.5, 0.6) is 11.5 Å². The maximum absolute atomic E-state index is 6.64. The highest BCUT2D eigenvalue weighted by molar-refractivity contribution is 6.99. The Morgan fingerprint density at radius 3 is 1.40 bits per heavy atom. The molecule has 4 aliphatic rings. The summed E-state index contributed by atoms with van der Waals surface area (Å²) in [6.07, 6.45) is 0. The van der Waals surface area contributed by atoms with Gasteiger partial charge in [0.1, 0.15) is 11.5 Å². The van der Waals surface area contributed by atoms with Crippen LogP contribution in [0.15, 0.2) is 97.1 Å². The van der Waals surface area contributed by atoms with Crippen LogP contribution in [0.4, 0.5) is 17.1 Å². The molecule has 2 nitrogen and oxygen atoms in total. The zero-order valence-electron chi connectivity index (χ0n) is 25.2. The van der Waals surface area contributed by atoms with E-state index in [0.29, 0.717) is 0 Å². The molecule has 0 aromatic heterocycles. The number of ether oxygens (including phenoxy) is 1. The molecule has 42 heavy (non-hydrogen) atoms. The van der Waals surface area contributed by atoms with Crippen LogP contribution in [0.3, 0.4) is 0 Å². The summed E-state index contributed by atoms with van der Waals surface area (Å²) >= 11 is 0. The zero-order valence-corrected chi connectivity index (χ0v) is 25.2. The minimum atomic E-state index is -0.181. The van der Waals surface area contributed by atoms with Crippen molar-refractivity contribution in [2.75, 3.05) is 4.90 Å². The first-order valence-corrected chi connectivity index (χ1v) is 15.2. The van der Waals surface area contributed by atoms with Crippen molar-refractivity contribution in [2.24, 2.45) is 0 Å². The van der Waals surface area contributed by atoms with E-state index in [2.05, 4.69) is 144 Å². The fourth-order valence-electron chi connectivity index (χ4n) is 8.85. The molecule has 9 rings (SSSR count). The van der Waals surface area contributed by atoms with Gasteiger partial charge in [0.25, 0.3) is 6.71 Å². The molecular formula is C39H34BNO. The molecule has 0 N–H and O–H groups in total. The van der Waals surface area contributed by atoms with E-state index < -0.39 is 0 Å². The molecule has 204 valence electrons. The minimum Gasteiger partial charge on any atom is -0.458 e. The summed E-state index contributed by atoms with van der Waals surface area (Å²) in [5.41, 5.74) is 15.9. The highest BCUT2D eigenvalue weighted by Gasteiger charge is 2.52. The van der Waals surface area contributed by atoms with Crippen LogP contribution in [-0.4, -0.2) is 6.71 Å². The molecule has 0 spiro atoms. The molecule has 0 saturated carbocycles. The van der Waals surface area contributed by atoms with E-state index in [0.717, 1.165) is 11.5 Å². The van der Waals surface area contributed by atoms with Crippen molar-refractivity contribution in [3.8, 4) is 11.5 Å². The second-order valence-electron chi connectivity index (χ2n) is 14.2. The summed E-state index contributed by atoms with van der Waals surface area (Å²) in [6.45, 7) is 14.5. The number of hydrogen-bond acceptors (Lipinski definition) is 2. The molecule has 5 aromatic rings. The minimum absolute atomic E-state index is 0.0858. The zero-order chi connectivity index (χ0) is 28.8. The van der Waals surface area contributed by atoms with Crippen LogP contribution < -0.4 is 26.0 Å². The monoisotopic (exact) mass is 543 g/mol. The van der Waals surface area contributed by atoms with Crippen LogP contribution in [0.25, 0.3) is 0 Å². The van der Waals surface area contributed by atoms with Gasteiger partial charge in [0.15, 0.2) is 0 Å². The van der Waals surface area contributed by atoms with Crippen LogP contribution in [0, 0.1) is 0 Å². The van der Waals surface area contributed by atoms with Gasteiger partial charge in [-0.05, 0) is 80.7 Å². The quantitative estimate of drug-likeness (QED) is 0.197. The van der Waals surface area contributed by atoms with Crippen LogP contribution in [-0.2, 0) is 16.2 Å². The first-order chi connectivity index (χ1) is 20.1. The van der Waals surface area contributed by atoms with E-state index in [1.54, 1.807) is 0 Å². The van der Waals surface area contributed by atoms with Crippen molar-refractivity contribution in [2.45, 2.75) is 57.8 Å². The van der Waals surface area contributed by atoms with Crippen molar-refractivity contribution < 1.29 is 4.74 Å². The maximum Gasteiger partial charge on any atom is 0.252 e. The third kappa shape index (κ3) is 2.73. The standard InChI is InChI=1S/C39H34BNO/c1-37(2)24-13-7-9-17-30(24)41(31-18-10-8-14-25(31)37)23-21-28-34-29(22-23)39(5,6)27-16-12-20-33-36(27)40(34)35-26(38(28,3)4)15-11-19-32(35)42-33/h7-22H,1-6H3. The molecule has 0 atom stereocenters. The lowest BCUT2D eigenvalue weighted by Gasteiger charge is -2.49. The lowest BCUT2D eigenvalue weighted by molar-refractivity contribution is 0.481. The second-order valence-corrected chi connectivity index (χ2v) is 14.2. The molecule has 0 saturated heterocycles. The molecule has 4 heterocycles. The lowest BCUT2D eigenvalue weighted by atomic mass is 9.26. The van der Waals surface area contributed by atoms with Gasteiger partial charge in [0.05, 0.1) is 11.4 Å². The molecule has 4 aliphatic heterocycles. The van der Waals surface area contributed by atoms with Crippen LogP contribution in [0.2, 0.25) is 0 Å². The summed E-state index contributed by atoms with van der Waals surface area (Å²) in [7, 11) is 0. The average Bonchev–Trinajstić information content (AvgIpc) is 2.98. The summed E-state index contributed by atoms with van der Waals surface area (Å²) in [5, 5.41) is 0. The number of rotatable bonds is 1. The number of benzene rings is 5. The van der Waals surface area contributed by atoms with Gasteiger partial charge in [-0.15, -0.1) is 0 Å². The Hall–Kier alpha value is -4.24. The highest BCUT2D eigenvalue weighted by atomic mass is 16.5. The van der Waals surface area contributed by atoms with E-state index in [-0.39, 0.29) is 23.0 Å². The van der Waals surface area contributed by atoms with Gasteiger partial charge in [0, 0.05) is 21.9 Å². The maximum atomic E-state index is 6.64. The van der Waals surface area contributed by atoms with E-state index in [1.807, 2.05) is 0 Å². The number of nitrogens with zero attached hydrogens (tertiary/aromatic N) is 1. The largest absolute Gasteiger partial charge is 0.458 e. The lowest BCUT2D eigenvalue weighted by Crippen LogP contribution is -2.68. The summed E-state index contributed by atoms with van der Waals surface area (Å²) < 4.78 is 6.64. The van der Waals surface area contributed by atoms with Crippen molar-refractivity contribution in [1.29, 1.82) is 0 Å². The van der Waals surface area contributed by atoms with Gasteiger partial charge in [-0.25, -0.2) is 0 Å². The molecule has 0 radical (unpaired) electrons. The Morgan fingerprint density at radius 2 is 0.905 bits per heavy atom. The fourth-order valence-corrected chi connectivity index (χ4v) is 8.85. The summed E-state index contributed by atoms with van der Waals surface area (Å²) in [6, 6.07) is 36.3. The van der Waals surface area contributed by atoms with E-state index in [9.17, 15) is 0 Å². The van der Waals surface area contributed by atoms with E-state index >= 15 is 0 Å². The van der Waals surface area contributed by atoms with Gasteiger partial charge in [0.2, 0.25) is 0 Å². The van der Waals surface area contributed by atoms with Crippen LogP contribution in [0.1, 0.15) is 74.9 Å². The third-order valence-corrected chi connectivity index (χ3v) is 11.0. The molecule has 5 aromatic carbocycles. The van der Waals surface area contributed by atoms with Gasteiger partial charge in [-0.2, -0.15) is 0 Å². The topological polar surface area (TPSA) is 12.5 Å². The van der Waals surface area contributed by atoms with Gasteiger partial charge in [-0.3, -0.25) is 0 Å². The summed E-state index contributed by atoms with van der Waals surface area (Å²) in [4.78, 5) is 2.53. The summed E-state index contributed by atoms with van der Waals surface area (Å²) in [5.74, 6) is 2.02. The fraction of sp³-hybridized carbons (Fsp3) is 0.231. The smallest absolute Gasteiger partial charge is 0.252 e. The first kappa shape index (κ1) is 24.4. The molecule has 0 unspecified atom stereocenters. The molecule has 0 aliphatic carbocycles. The Balaban J connectivity index is 1.40. The molecule has 0 fully saturated rings. The Bertz CT molecular complexity index is 1880. The van der Waals surface area contributed by atoms with Gasteiger partial charge in [-0.1, -0.05) is 108 Å². The Morgan fingerprint density at radius 1 is 0.476 bits per heavy atom. The highest BCUT2D eigenvalue weighted by Crippen LogP contribution is 2.53. The molecule has 0 bridgehead atoms. The van der Waals surface area contributed by atoms with Gasteiger partial charge < -0.3 is 9.64 Å².